The van der Waals surface area contributed by atoms with Crippen molar-refractivity contribution in [1.29, 1.82) is 0 Å². The standard InChI is InChI=1S/C8H8BrNO2/c9-4-1-5-6(10)3-12-8(5)7(11)2-4/h1-2,6,11H,3,10H2/t6-/m1/s1. The molecule has 1 heterocycles. The molecule has 0 fully saturated rings. The van der Waals surface area contributed by atoms with Crippen LogP contribution in [0, 0.1) is 0 Å². The lowest BCUT2D eigenvalue weighted by Gasteiger charge is -2.02. The zero-order chi connectivity index (χ0) is 8.72. The summed E-state index contributed by atoms with van der Waals surface area (Å²) < 4.78 is 6.02. The molecule has 1 aromatic rings. The molecule has 0 radical (unpaired) electrons. The minimum atomic E-state index is -0.122. The average molecular weight is 230 g/mol. The minimum Gasteiger partial charge on any atom is -0.504 e. The van der Waals surface area contributed by atoms with Crippen LogP contribution in [0.1, 0.15) is 11.6 Å². The maximum absolute atomic E-state index is 9.42. The van der Waals surface area contributed by atoms with E-state index in [0.29, 0.717) is 12.4 Å². The predicted molar refractivity (Wildman–Crippen MR) is 48.2 cm³/mol. The smallest absolute Gasteiger partial charge is 0.165 e. The van der Waals surface area contributed by atoms with E-state index in [0.717, 1.165) is 10.0 Å². The molecule has 0 unspecified atom stereocenters. The summed E-state index contributed by atoms with van der Waals surface area (Å²) >= 11 is 3.27. The monoisotopic (exact) mass is 229 g/mol. The third kappa shape index (κ3) is 1.07. The molecule has 1 aromatic carbocycles. The Morgan fingerprint density at radius 2 is 2.33 bits per heavy atom. The summed E-state index contributed by atoms with van der Waals surface area (Å²) in [6.45, 7) is 0.444. The van der Waals surface area contributed by atoms with Crippen molar-refractivity contribution < 1.29 is 9.84 Å². The normalized spacial score (nSPS) is 20.3. The summed E-state index contributed by atoms with van der Waals surface area (Å²) in [7, 11) is 0. The van der Waals surface area contributed by atoms with Crippen LogP contribution in [-0.2, 0) is 0 Å². The number of phenols is 1. The van der Waals surface area contributed by atoms with E-state index in [1.54, 1.807) is 6.07 Å². The van der Waals surface area contributed by atoms with Crippen LogP contribution in [0.4, 0.5) is 0 Å². The lowest BCUT2D eigenvalue weighted by Crippen LogP contribution is -2.10. The van der Waals surface area contributed by atoms with Crippen LogP contribution >= 0.6 is 15.9 Å². The van der Waals surface area contributed by atoms with Crippen LogP contribution in [-0.4, -0.2) is 11.7 Å². The Kier molecular flexibility index (Phi) is 1.73. The molecule has 2 rings (SSSR count). The van der Waals surface area contributed by atoms with Gasteiger partial charge in [-0.25, -0.2) is 0 Å². The van der Waals surface area contributed by atoms with E-state index in [4.69, 9.17) is 10.5 Å². The summed E-state index contributed by atoms with van der Waals surface area (Å²) in [5.74, 6) is 0.665. The zero-order valence-corrected chi connectivity index (χ0v) is 7.84. The van der Waals surface area contributed by atoms with Gasteiger partial charge in [0.25, 0.3) is 0 Å². The van der Waals surface area contributed by atoms with Crippen LogP contribution in [0.5, 0.6) is 11.5 Å². The molecule has 1 aliphatic rings. The van der Waals surface area contributed by atoms with Crippen molar-refractivity contribution in [1.82, 2.24) is 0 Å². The Hall–Kier alpha value is -0.740. The molecule has 0 bridgehead atoms. The van der Waals surface area contributed by atoms with E-state index in [-0.39, 0.29) is 11.8 Å². The Labute approximate surface area is 78.3 Å². The third-order valence-electron chi connectivity index (χ3n) is 1.87. The highest BCUT2D eigenvalue weighted by atomic mass is 79.9. The fourth-order valence-electron chi connectivity index (χ4n) is 1.30. The molecule has 0 amide bonds. The Morgan fingerprint density at radius 1 is 1.58 bits per heavy atom. The number of hydrogen-bond acceptors (Lipinski definition) is 3. The first-order valence-electron chi connectivity index (χ1n) is 3.59. The van der Waals surface area contributed by atoms with Gasteiger partial charge in [0.1, 0.15) is 6.61 Å². The van der Waals surface area contributed by atoms with Crippen molar-refractivity contribution in [2.45, 2.75) is 6.04 Å². The molecule has 0 aliphatic carbocycles. The van der Waals surface area contributed by atoms with Crippen molar-refractivity contribution in [3.05, 3.63) is 22.2 Å². The largest absolute Gasteiger partial charge is 0.504 e. The first-order valence-corrected chi connectivity index (χ1v) is 4.38. The number of phenolic OH excluding ortho intramolecular Hbond substituents is 1. The SMILES string of the molecule is N[C@@H]1COc2c(O)cc(Br)cc21. The van der Waals surface area contributed by atoms with Gasteiger partial charge in [0.2, 0.25) is 0 Å². The average Bonchev–Trinajstić information content (AvgIpc) is 2.33. The fourth-order valence-corrected chi connectivity index (χ4v) is 1.76. The van der Waals surface area contributed by atoms with E-state index < -0.39 is 0 Å². The molecule has 3 nitrogen and oxygen atoms in total. The molecule has 1 atom stereocenters. The lowest BCUT2D eigenvalue weighted by molar-refractivity contribution is 0.317. The first-order chi connectivity index (χ1) is 5.68. The highest BCUT2D eigenvalue weighted by Gasteiger charge is 2.23. The van der Waals surface area contributed by atoms with Gasteiger partial charge in [-0.15, -0.1) is 0 Å². The van der Waals surface area contributed by atoms with Gasteiger partial charge < -0.3 is 15.6 Å². The van der Waals surface area contributed by atoms with Gasteiger partial charge in [-0.1, -0.05) is 15.9 Å². The number of rotatable bonds is 0. The summed E-state index contributed by atoms with van der Waals surface area (Å²) in [6.07, 6.45) is 0. The molecule has 64 valence electrons. The number of aromatic hydroxyl groups is 1. The zero-order valence-electron chi connectivity index (χ0n) is 6.25. The minimum absolute atomic E-state index is 0.122. The summed E-state index contributed by atoms with van der Waals surface area (Å²) in [5.41, 5.74) is 6.59. The quantitative estimate of drug-likeness (QED) is 0.710. The van der Waals surface area contributed by atoms with Gasteiger partial charge in [0.05, 0.1) is 6.04 Å². The van der Waals surface area contributed by atoms with Crippen LogP contribution in [0.25, 0.3) is 0 Å². The molecule has 0 spiro atoms. The maximum Gasteiger partial charge on any atom is 0.165 e. The van der Waals surface area contributed by atoms with Crippen LogP contribution < -0.4 is 10.5 Å². The third-order valence-corrected chi connectivity index (χ3v) is 2.33. The number of halogens is 1. The van der Waals surface area contributed by atoms with Crippen molar-refractivity contribution >= 4 is 15.9 Å². The van der Waals surface area contributed by atoms with Crippen molar-refractivity contribution in [2.24, 2.45) is 5.73 Å². The lowest BCUT2D eigenvalue weighted by atomic mass is 10.1. The van der Waals surface area contributed by atoms with Gasteiger partial charge >= 0.3 is 0 Å². The number of hydrogen-bond donors (Lipinski definition) is 2. The number of benzene rings is 1. The molecule has 0 saturated carbocycles. The first kappa shape index (κ1) is 7.89. The summed E-state index contributed by atoms with van der Waals surface area (Å²) in [4.78, 5) is 0. The van der Waals surface area contributed by atoms with Crippen LogP contribution in [0.15, 0.2) is 16.6 Å². The molecule has 3 N–H and O–H groups in total. The van der Waals surface area contributed by atoms with E-state index in [1.165, 1.54) is 0 Å². The van der Waals surface area contributed by atoms with Crippen LogP contribution in [0.3, 0.4) is 0 Å². The van der Waals surface area contributed by atoms with Crippen molar-refractivity contribution in [3.8, 4) is 11.5 Å². The topological polar surface area (TPSA) is 55.5 Å². The Morgan fingerprint density at radius 3 is 3.08 bits per heavy atom. The molecular formula is C8H8BrNO2. The van der Waals surface area contributed by atoms with Gasteiger partial charge in [0, 0.05) is 10.0 Å². The van der Waals surface area contributed by atoms with Gasteiger partial charge in [-0.2, -0.15) is 0 Å². The summed E-state index contributed by atoms with van der Waals surface area (Å²) in [5, 5.41) is 9.42. The highest BCUT2D eigenvalue weighted by Crippen LogP contribution is 2.40. The maximum atomic E-state index is 9.42. The van der Waals surface area contributed by atoms with E-state index in [9.17, 15) is 5.11 Å². The molecule has 12 heavy (non-hydrogen) atoms. The number of nitrogens with two attached hydrogens (primary N) is 1. The second kappa shape index (κ2) is 2.64. The van der Waals surface area contributed by atoms with Crippen LogP contribution in [0.2, 0.25) is 0 Å². The second-order valence-corrected chi connectivity index (χ2v) is 3.68. The molecule has 1 aliphatic heterocycles. The van der Waals surface area contributed by atoms with Gasteiger partial charge in [-0.3, -0.25) is 0 Å². The molecule has 0 saturated heterocycles. The van der Waals surface area contributed by atoms with E-state index >= 15 is 0 Å². The molecule has 0 aromatic heterocycles. The number of ether oxygens (including phenoxy) is 1. The van der Waals surface area contributed by atoms with Gasteiger partial charge in [-0.05, 0) is 12.1 Å². The van der Waals surface area contributed by atoms with E-state index in [2.05, 4.69) is 15.9 Å². The molecular weight excluding hydrogens is 222 g/mol. The Balaban J connectivity index is 2.60. The van der Waals surface area contributed by atoms with Crippen molar-refractivity contribution in [3.63, 3.8) is 0 Å². The fraction of sp³-hybridized carbons (Fsp3) is 0.250. The predicted octanol–water partition coefficient (Wildman–Crippen LogP) is 1.55. The van der Waals surface area contributed by atoms with Crippen molar-refractivity contribution in [2.75, 3.05) is 6.61 Å². The highest BCUT2D eigenvalue weighted by molar-refractivity contribution is 9.10. The second-order valence-electron chi connectivity index (χ2n) is 2.76. The van der Waals surface area contributed by atoms with Gasteiger partial charge in [0.15, 0.2) is 11.5 Å². The summed E-state index contributed by atoms with van der Waals surface area (Å²) in [6, 6.07) is 3.34. The molecule has 4 heteroatoms. The Bertz CT molecular complexity index is 327. The number of fused-ring (bicyclic) bond motifs is 1. The van der Waals surface area contributed by atoms with E-state index in [1.807, 2.05) is 6.07 Å².